The van der Waals surface area contributed by atoms with E-state index < -0.39 is 0 Å². The van der Waals surface area contributed by atoms with E-state index in [1.165, 1.54) is 4.88 Å². The van der Waals surface area contributed by atoms with Crippen molar-refractivity contribution in [2.75, 3.05) is 18.1 Å². The first-order chi connectivity index (χ1) is 12.3. The first kappa shape index (κ1) is 15.7. The van der Waals surface area contributed by atoms with E-state index in [0.717, 1.165) is 22.7 Å². The maximum Gasteiger partial charge on any atom is 0.136 e. The topological polar surface area (TPSA) is 88.2 Å². The van der Waals surface area contributed by atoms with Crippen LogP contribution in [0.3, 0.4) is 0 Å². The molecule has 0 fully saturated rings. The number of likely N-dealkylation sites (N-methyl/N-ethyl adjacent to an activating group) is 1. The molecule has 0 amide bonds. The Balaban J connectivity index is 1.92. The Morgan fingerprint density at radius 1 is 1.16 bits per heavy atom. The monoisotopic (exact) mass is 350 g/mol. The van der Waals surface area contributed by atoms with Gasteiger partial charge < -0.3 is 11.1 Å². The minimum atomic E-state index is -0.0800. The highest BCUT2D eigenvalue weighted by molar-refractivity contribution is 7.10. The van der Waals surface area contributed by atoms with Gasteiger partial charge in [0.25, 0.3) is 0 Å². The molecule has 126 valence electrons. The van der Waals surface area contributed by atoms with Gasteiger partial charge in [-0.3, -0.25) is 10.3 Å². The summed E-state index contributed by atoms with van der Waals surface area (Å²) in [6, 6.07) is 11.8. The molecule has 6 nitrogen and oxygen atoms in total. The van der Waals surface area contributed by atoms with E-state index >= 15 is 0 Å². The Kier molecular flexibility index (Phi) is 4.17. The van der Waals surface area contributed by atoms with Crippen molar-refractivity contribution in [2.45, 2.75) is 12.2 Å². The van der Waals surface area contributed by atoms with Gasteiger partial charge in [-0.05, 0) is 42.8 Å². The molecule has 0 aliphatic carbocycles. The number of aliphatic imine (C=N–C) groups is 1. The Labute approximate surface area is 149 Å². The third-order valence-corrected chi connectivity index (χ3v) is 5.08. The van der Waals surface area contributed by atoms with Crippen molar-refractivity contribution in [1.29, 1.82) is 0 Å². The lowest BCUT2D eigenvalue weighted by molar-refractivity contribution is 0.529. The van der Waals surface area contributed by atoms with E-state index in [9.17, 15) is 0 Å². The quantitative estimate of drug-likeness (QED) is 0.676. The summed E-state index contributed by atoms with van der Waals surface area (Å²) < 4.78 is 0. The largest absolute Gasteiger partial charge is 0.384 e. The molecule has 2 atom stereocenters. The molecule has 0 radical (unpaired) electrons. The predicted octanol–water partition coefficient (Wildman–Crippen LogP) is 2.67. The molecule has 0 bridgehead atoms. The molecule has 1 aliphatic rings. The van der Waals surface area contributed by atoms with Crippen molar-refractivity contribution in [2.24, 2.45) is 4.99 Å². The number of anilines is 2. The molecule has 0 aromatic carbocycles. The van der Waals surface area contributed by atoms with Crippen molar-refractivity contribution in [1.82, 2.24) is 15.3 Å². The average molecular weight is 350 g/mol. The van der Waals surface area contributed by atoms with Crippen LogP contribution in [-0.4, -0.2) is 28.9 Å². The van der Waals surface area contributed by atoms with Gasteiger partial charge in [0.05, 0.1) is 5.71 Å². The van der Waals surface area contributed by atoms with Crippen molar-refractivity contribution in [3.05, 3.63) is 70.2 Å². The minimum Gasteiger partial charge on any atom is -0.384 e. The first-order valence-electron chi connectivity index (χ1n) is 7.98. The third kappa shape index (κ3) is 2.99. The Bertz CT molecular complexity index is 905. The Morgan fingerprint density at radius 3 is 2.84 bits per heavy atom. The van der Waals surface area contributed by atoms with Crippen LogP contribution >= 0.6 is 11.3 Å². The third-order valence-electron chi connectivity index (χ3n) is 4.14. The van der Waals surface area contributed by atoms with Crippen LogP contribution in [-0.2, 0) is 0 Å². The highest BCUT2D eigenvalue weighted by Crippen LogP contribution is 2.32. The van der Waals surface area contributed by atoms with Crippen molar-refractivity contribution in [3.63, 3.8) is 0 Å². The van der Waals surface area contributed by atoms with Crippen molar-refractivity contribution >= 4 is 28.7 Å². The molecule has 0 saturated heterocycles. The van der Waals surface area contributed by atoms with E-state index in [1.54, 1.807) is 23.7 Å². The van der Waals surface area contributed by atoms with Gasteiger partial charge in [0.1, 0.15) is 23.8 Å². The molecule has 25 heavy (non-hydrogen) atoms. The zero-order valence-electron chi connectivity index (χ0n) is 13.7. The Hall–Kier alpha value is -2.77. The molecular formula is C18H18N6S. The van der Waals surface area contributed by atoms with Crippen LogP contribution < -0.4 is 16.4 Å². The lowest BCUT2D eigenvalue weighted by atomic mass is 10.0. The predicted molar refractivity (Wildman–Crippen MR) is 102 cm³/mol. The fraction of sp³-hybridized carbons (Fsp3) is 0.167. The SMILES string of the molecule is CNC1Nc2ncccc2C(c2ccnc(N)c2)=NC1c1cccs1. The second kappa shape index (κ2) is 6.62. The van der Waals surface area contributed by atoms with E-state index in [0.29, 0.717) is 5.82 Å². The summed E-state index contributed by atoms with van der Waals surface area (Å²) in [5, 5.41) is 8.87. The number of pyridine rings is 2. The molecule has 7 heteroatoms. The van der Waals surface area contributed by atoms with Crippen LogP contribution in [0.4, 0.5) is 11.6 Å². The van der Waals surface area contributed by atoms with E-state index in [1.807, 2.05) is 37.4 Å². The number of hydrogen-bond donors (Lipinski definition) is 3. The summed E-state index contributed by atoms with van der Waals surface area (Å²) >= 11 is 1.69. The van der Waals surface area contributed by atoms with Gasteiger partial charge in [0.15, 0.2) is 0 Å². The number of nitrogens with zero attached hydrogens (tertiary/aromatic N) is 3. The smallest absolute Gasteiger partial charge is 0.136 e. The van der Waals surface area contributed by atoms with E-state index in [4.69, 9.17) is 10.7 Å². The number of thiophene rings is 1. The molecule has 4 rings (SSSR count). The fourth-order valence-corrected chi connectivity index (χ4v) is 3.76. The number of nitrogens with one attached hydrogen (secondary N) is 2. The number of aromatic nitrogens is 2. The van der Waals surface area contributed by atoms with Crippen LogP contribution in [0, 0.1) is 0 Å². The molecule has 4 N–H and O–H groups in total. The van der Waals surface area contributed by atoms with Gasteiger partial charge >= 0.3 is 0 Å². The molecule has 3 aromatic rings. The highest BCUT2D eigenvalue weighted by Gasteiger charge is 2.29. The van der Waals surface area contributed by atoms with Gasteiger partial charge in [-0.2, -0.15) is 0 Å². The maximum absolute atomic E-state index is 5.90. The van der Waals surface area contributed by atoms with E-state index in [2.05, 4.69) is 32.0 Å². The lowest BCUT2D eigenvalue weighted by Gasteiger charge is -2.23. The van der Waals surface area contributed by atoms with Crippen LogP contribution in [0.15, 0.2) is 59.2 Å². The first-order valence-corrected chi connectivity index (χ1v) is 8.86. The van der Waals surface area contributed by atoms with E-state index in [-0.39, 0.29) is 12.2 Å². The van der Waals surface area contributed by atoms with Gasteiger partial charge in [-0.15, -0.1) is 11.3 Å². The summed E-state index contributed by atoms with van der Waals surface area (Å²) in [6.45, 7) is 0. The second-order valence-corrected chi connectivity index (χ2v) is 6.70. The maximum atomic E-state index is 5.90. The van der Waals surface area contributed by atoms with Crippen molar-refractivity contribution < 1.29 is 0 Å². The zero-order chi connectivity index (χ0) is 17.2. The number of hydrogen-bond acceptors (Lipinski definition) is 7. The van der Waals surface area contributed by atoms with Crippen LogP contribution in [0.1, 0.15) is 22.0 Å². The second-order valence-electron chi connectivity index (χ2n) is 5.72. The molecule has 0 saturated carbocycles. The van der Waals surface area contributed by atoms with Crippen LogP contribution in [0.2, 0.25) is 0 Å². The summed E-state index contributed by atoms with van der Waals surface area (Å²) in [5.41, 5.74) is 8.64. The normalized spacial score (nSPS) is 19.5. The summed E-state index contributed by atoms with van der Waals surface area (Å²) in [7, 11) is 1.92. The van der Waals surface area contributed by atoms with Gasteiger partial charge in [-0.1, -0.05) is 6.07 Å². The highest BCUT2D eigenvalue weighted by atomic mass is 32.1. The standard InChI is InChI=1S/C18H18N6S/c1-20-18-16(13-5-3-9-25-13)23-15(11-6-8-21-14(19)10-11)12-4-2-7-22-17(12)24-18/h2-10,16,18,20H,1H3,(H2,19,21)(H,22,24). The fourth-order valence-electron chi connectivity index (χ4n) is 2.96. The van der Waals surface area contributed by atoms with Crippen LogP contribution in [0.5, 0.6) is 0 Å². The average Bonchev–Trinajstić information content (AvgIpc) is 3.10. The Morgan fingerprint density at radius 2 is 2.08 bits per heavy atom. The molecule has 4 heterocycles. The molecule has 1 aliphatic heterocycles. The minimum absolute atomic E-state index is 0.0658. The summed E-state index contributed by atoms with van der Waals surface area (Å²) in [4.78, 5) is 14.9. The van der Waals surface area contributed by atoms with Gasteiger partial charge in [0, 0.05) is 28.4 Å². The number of nitrogen functional groups attached to an aromatic ring is 1. The number of nitrogens with two attached hydrogens (primary N) is 1. The summed E-state index contributed by atoms with van der Waals surface area (Å²) in [6.07, 6.45) is 3.42. The number of rotatable bonds is 3. The molecule has 0 spiro atoms. The van der Waals surface area contributed by atoms with Gasteiger partial charge in [-0.25, -0.2) is 9.97 Å². The summed E-state index contributed by atoms with van der Waals surface area (Å²) in [5.74, 6) is 1.27. The number of fused-ring (bicyclic) bond motifs is 1. The lowest BCUT2D eigenvalue weighted by Crippen LogP contribution is -2.38. The molecular weight excluding hydrogens is 332 g/mol. The van der Waals surface area contributed by atoms with Crippen LogP contribution in [0.25, 0.3) is 0 Å². The molecule has 2 unspecified atom stereocenters. The molecule has 3 aromatic heterocycles. The van der Waals surface area contributed by atoms with Crippen molar-refractivity contribution in [3.8, 4) is 0 Å². The van der Waals surface area contributed by atoms with Gasteiger partial charge in [0.2, 0.25) is 0 Å². The zero-order valence-corrected chi connectivity index (χ0v) is 14.5.